The molecule has 0 spiro atoms. The van der Waals surface area contributed by atoms with E-state index in [1.807, 2.05) is 12.1 Å². The van der Waals surface area contributed by atoms with Crippen LogP contribution in [0, 0.1) is 0 Å². The third kappa shape index (κ3) is 5.26. The van der Waals surface area contributed by atoms with Crippen molar-refractivity contribution >= 4 is 29.5 Å². The van der Waals surface area contributed by atoms with E-state index in [1.165, 1.54) is 19.3 Å². The summed E-state index contributed by atoms with van der Waals surface area (Å²) < 4.78 is 10.2. The Kier molecular flexibility index (Phi) is 6.42. The van der Waals surface area contributed by atoms with Crippen molar-refractivity contribution in [2.45, 2.75) is 0 Å². The average Bonchev–Trinajstić information content (AvgIpc) is 2.64. The van der Waals surface area contributed by atoms with Crippen molar-refractivity contribution in [2.24, 2.45) is 0 Å². The molecule has 2 N–H and O–H groups in total. The van der Waals surface area contributed by atoms with E-state index in [0.717, 1.165) is 5.56 Å². The second kappa shape index (κ2) is 8.75. The molecule has 0 radical (unpaired) electrons. The Morgan fingerprint density at radius 1 is 1.04 bits per heavy atom. The Morgan fingerprint density at radius 3 is 2.56 bits per heavy atom. The van der Waals surface area contributed by atoms with Crippen LogP contribution in [-0.2, 0) is 4.79 Å². The van der Waals surface area contributed by atoms with E-state index in [2.05, 4.69) is 10.9 Å². The Hall–Kier alpha value is -2.99. The summed E-state index contributed by atoms with van der Waals surface area (Å²) in [5.74, 6) is 0.00614. The highest BCUT2D eigenvalue weighted by Gasteiger charge is 2.13. The van der Waals surface area contributed by atoms with Crippen molar-refractivity contribution in [3.8, 4) is 11.5 Å². The summed E-state index contributed by atoms with van der Waals surface area (Å²) in [7, 11) is 3.00. The Morgan fingerprint density at radius 2 is 1.84 bits per heavy atom. The van der Waals surface area contributed by atoms with E-state index in [0.29, 0.717) is 16.5 Å². The third-order valence-electron chi connectivity index (χ3n) is 3.23. The molecule has 0 atom stereocenters. The summed E-state index contributed by atoms with van der Waals surface area (Å²) >= 11 is 5.88. The summed E-state index contributed by atoms with van der Waals surface area (Å²) in [6, 6.07) is 11.8. The van der Waals surface area contributed by atoms with Gasteiger partial charge in [0.2, 0.25) is 0 Å². The quantitative estimate of drug-likeness (QED) is 0.635. The molecule has 2 aromatic rings. The van der Waals surface area contributed by atoms with Crippen molar-refractivity contribution in [1.82, 2.24) is 10.9 Å². The fourth-order valence-electron chi connectivity index (χ4n) is 2.00. The number of rotatable bonds is 5. The number of hydrogen-bond acceptors (Lipinski definition) is 4. The van der Waals surface area contributed by atoms with Crippen LogP contribution in [0.5, 0.6) is 11.5 Å². The molecule has 2 aromatic carbocycles. The lowest BCUT2D eigenvalue weighted by Gasteiger charge is -2.09. The lowest BCUT2D eigenvalue weighted by atomic mass is 10.2. The molecule has 0 heterocycles. The maximum Gasteiger partial charge on any atom is 0.273 e. The molecule has 2 amide bonds. The van der Waals surface area contributed by atoms with Crippen LogP contribution in [0.2, 0.25) is 5.02 Å². The predicted octanol–water partition coefficient (Wildman–Crippen LogP) is 2.83. The summed E-state index contributed by atoms with van der Waals surface area (Å²) in [5.41, 5.74) is 5.61. The molecular formula is C18H17ClN2O4. The first kappa shape index (κ1) is 18.4. The fraction of sp³-hybridized carbons (Fsp3) is 0.111. The van der Waals surface area contributed by atoms with Crippen LogP contribution in [0.1, 0.15) is 15.9 Å². The zero-order valence-corrected chi connectivity index (χ0v) is 14.5. The highest BCUT2D eigenvalue weighted by Crippen LogP contribution is 2.22. The van der Waals surface area contributed by atoms with E-state index in [9.17, 15) is 9.59 Å². The third-order valence-corrected chi connectivity index (χ3v) is 3.46. The molecule has 130 valence electrons. The highest BCUT2D eigenvalue weighted by atomic mass is 35.5. The van der Waals surface area contributed by atoms with Crippen molar-refractivity contribution in [3.63, 3.8) is 0 Å². The Labute approximate surface area is 150 Å². The second-order valence-corrected chi connectivity index (χ2v) is 5.33. The van der Waals surface area contributed by atoms with Crippen molar-refractivity contribution < 1.29 is 19.1 Å². The van der Waals surface area contributed by atoms with Crippen LogP contribution in [0.4, 0.5) is 0 Å². The van der Waals surface area contributed by atoms with Gasteiger partial charge >= 0.3 is 0 Å². The number of carbonyl (C=O) groups is 2. The van der Waals surface area contributed by atoms with Crippen molar-refractivity contribution in [3.05, 3.63) is 64.7 Å². The van der Waals surface area contributed by atoms with Gasteiger partial charge in [0.05, 0.1) is 19.8 Å². The Bertz CT molecular complexity index is 805. The number of nitrogens with one attached hydrogen (secondary N) is 2. The minimum atomic E-state index is -0.539. The number of hydrazine groups is 1. The molecule has 0 bridgehead atoms. The number of carbonyl (C=O) groups excluding carboxylic acids is 2. The predicted molar refractivity (Wildman–Crippen MR) is 95.6 cm³/mol. The molecule has 0 unspecified atom stereocenters. The largest absolute Gasteiger partial charge is 0.497 e. The van der Waals surface area contributed by atoms with Gasteiger partial charge in [-0.3, -0.25) is 20.4 Å². The van der Waals surface area contributed by atoms with Crippen LogP contribution < -0.4 is 20.3 Å². The first-order chi connectivity index (χ1) is 12.0. The number of benzene rings is 2. The number of hydrogen-bond donors (Lipinski definition) is 2. The molecule has 0 aromatic heterocycles. The van der Waals surface area contributed by atoms with Gasteiger partial charge in [-0.25, -0.2) is 0 Å². The van der Waals surface area contributed by atoms with Gasteiger partial charge in [-0.15, -0.1) is 0 Å². The van der Waals surface area contributed by atoms with E-state index in [1.54, 1.807) is 37.5 Å². The molecule has 0 saturated heterocycles. The van der Waals surface area contributed by atoms with E-state index >= 15 is 0 Å². The summed E-state index contributed by atoms with van der Waals surface area (Å²) in [5, 5.41) is 0.384. The average molecular weight is 361 g/mol. The van der Waals surface area contributed by atoms with E-state index in [4.69, 9.17) is 21.1 Å². The van der Waals surface area contributed by atoms with Gasteiger partial charge in [0.15, 0.2) is 0 Å². The molecule has 0 aliphatic rings. The maximum atomic E-state index is 12.1. The standard InChI is InChI=1S/C18H17ClN2O4/c1-24-14-5-3-4-12(10-14)6-9-17(22)20-21-18(23)15-11-13(19)7-8-16(15)25-2/h3-11H,1-2H3,(H,20,22)(H,21,23)/b9-6+. The van der Waals surface area contributed by atoms with Gasteiger partial charge in [-0.05, 0) is 42.0 Å². The van der Waals surface area contributed by atoms with Crippen LogP contribution in [-0.4, -0.2) is 26.0 Å². The fourth-order valence-corrected chi connectivity index (χ4v) is 2.17. The lowest BCUT2D eigenvalue weighted by molar-refractivity contribution is -0.117. The number of methoxy groups -OCH3 is 2. The molecule has 0 aliphatic carbocycles. The first-order valence-corrected chi connectivity index (χ1v) is 7.67. The van der Waals surface area contributed by atoms with E-state index < -0.39 is 11.8 Å². The minimum absolute atomic E-state index is 0.215. The molecule has 25 heavy (non-hydrogen) atoms. The van der Waals surface area contributed by atoms with Gasteiger partial charge < -0.3 is 9.47 Å². The smallest absolute Gasteiger partial charge is 0.273 e. The van der Waals surface area contributed by atoms with Crippen LogP contribution in [0.3, 0.4) is 0 Å². The van der Waals surface area contributed by atoms with Gasteiger partial charge in [0, 0.05) is 11.1 Å². The van der Waals surface area contributed by atoms with Gasteiger partial charge in [0.1, 0.15) is 11.5 Å². The number of amides is 2. The molecule has 6 nitrogen and oxygen atoms in total. The van der Waals surface area contributed by atoms with E-state index in [-0.39, 0.29) is 5.56 Å². The number of halogens is 1. The first-order valence-electron chi connectivity index (χ1n) is 7.29. The summed E-state index contributed by atoms with van der Waals surface area (Å²) in [6.07, 6.45) is 2.90. The molecule has 0 fully saturated rings. The molecule has 0 aliphatic heterocycles. The van der Waals surface area contributed by atoms with Gasteiger partial charge in [-0.2, -0.15) is 0 Å². The summed E-state index contributed by atoms with van der Waals surface area (Å²) in [4.78, 5) is 24.0. The molecule has 7 heteroatoms. The highest BCUT2D eigenvalue weighted by molar-refractivity contribution is 6.31. The monoisotopic (exact) mass is 360 g/mol. The molecule has 0 saturated carbocycles. The molecule has 2 rings (SSSR count). The lowest BCUT2D eigenvalue weighted by Crippen LogP contribution is -2.40. The summed E-state index contributed by atoms with van der Waals surface area (Å²) in [6.45, 7) is 0. The van der Waals surface area contributed by atoms with Crippen LogP contribution >= 0.6 is 11.6 Å². The van der Waals surface area contributed by atoms with Crippen LogP contribution in [0.25, 0.3) is 6.08 Å². The SMILES string of the molecule is COc1cccc(/C=C/C(=O)NNC(=O)c2cc(Cl)ccc2OC)c1. The zero-order chi connectivity index (χ0) is 18.2. The van der Waals surface area contributed by atoms with Crippen molar-refractivity contribution in [2.75, 3.05) is 14.2 Å². The van der Waals surface area contributed by atoms with Gasteiger partial charge in [-0.1, -0.05) is 23.7 Å². The van der Waals surface area contributed by atoms with Crippen LogP contribution in [0.15, 0.2) is 48.5 Å². The normalized spacial score (nSPS) is 10.4. The maximum absolute atomic E-state index is 12.1. The van der Waals surface area contributed by atoms with Crippen molar-refractivity contribution in [1.29, 1.82) is 0 Å². The number of ether oxygens (including phenoxy) is 2. The molecular weight excluding hydrogens is 344 g/mol. The Balaban J connectivity index is 1.96. The second-order valence-electron chi connectivity index (χ2n) is 4.90. The topological polar surface area (TPSA) is 76.7 Å². The van der Waals surface area contributed by atoms with Gasteiger partial charge in [0.25, 0.3) is 11.8 Å². The zero-order valence-electron chi connectivity index (χ0n) is 13.7. The minimum Gasteiger partial charge on any atom is -0.497 e.